The van der Waals surface area contributed by atoms with Gasteiger partial charge in [-0.15, -0.1) is 0 Å². The number of methoxy groups -OCH3 is 2. The van der Waals surface area contributed by atoms with E-state index in [1.807, 2.05) is 0 Å². The Morgan fingerprint density at radius 2 is 1.28 bits per heavy atom. The van der Waals surface area contributed by atoms with Crippen LogP contribution in [-0.4, -0.2) is 63.1 Å². The van der Waals surface area contributed by atoms with Gasteiger partial charge in [0.05, 0.1) is 13.2 Å². The summed E-state index contributed by atoms with van der Waals surface area (Å²) >= 11 is 14.1. The normalized spacial score (nSPS) is 21.8. The van der Waals surface area contributed by atoms with E-state index in [0.29, 0.717) is 26.3 Å². The van der Waals surface area contributed by atoms with E-state index < -0.39 is 6.71 Å². The number of carbonyl (C=O) groups is 1. The number of nitrogens with zero attached hydrogens (tertiary/aromatic N) is 2. The van der Waals surface area contributed by atoms with Crippen molar-refractivity contribution in [2.75, 3.05) is 40.5 Å². The van der Waals surface area contributed by atoms with Gasteiger partial charge in [0.1, 0.15) is 0 Å². The van der Waals surface area contributed by atoms with Crippen LogP contribution < -0.4 is 0 Å². The molecule has 5 nitrogen and oxygen atoms in total. The maximum atomic E-state index is 12.4. The van der Waals surface area contributed by atoms with Crippen molar-refractivity contribution in [3.05, 3.63) is 0 Å². The van der Waals surface area contributed by atoms with Gasteiger partial charge in [-0.05, 0) is 63.7 Å². The van der Waals surface area contributed by atoms with Crippen molar-refractivity contribution in [2.24, 2.45) is 0 Å². The number of alkyl halides is 4. The molecule has 1 rings (SSSR count). The molecule has 0 aromatic rings. The van der Waals surface area contributed by atoms with Crippen LogP contribution in [0.2, 0.25) is 0 Å². The zero-order valence-electron chi connectivity index (χ0n) is 9.96. The summed E-state index contributed by atoms with van der Waals surface area (Å²) in [4.78, 5) is 15.6. The van der Waals surface area contributed by atoms with Gasteiger partial charge in [-0.3, -0.25) is 9.80 Å². The minimum atomic E-state index is -0.768. The molecular weight excluding hydrogens is 504 g/mol. The number of carbonyl (C=O) groups excluding carboxylic acids is 1. The van der Waals surface area contributed by atoms with E-state index in [1.165, 1.54) is 0 Å². The van der Waals surface area contributed by atoms with Crippen LogP contribution in [-0.2, 0) is 9.47 Å². The number of halogens is 4. The van der Waals surface area contributed by atoms with Crippen LogP contribution in [0.5, 0.6) is 0 Å². The number of ether oxygens (including phenoxy) is 2. The fraction of sp³-hybridized carbons (Fsp3) is 0.889. The maximum absolute atomic E-state index is 12.4. The maximum Gasteiger partial charge on any atom is 0.324 e. The largest absolute Gasteiger partial charge is 0.383 e. The minimum absolute atomic E-state index is 0.119. The van der Waals surface area contributed by atoms with E-state index >= 15 is 0 Å². The fourth-order valence-electron chi connectivity index (χ4n) is 1.55. The summed E-state index contributed by atoms with van der Waals surface area (Å²) in [5, 5.41) is 0. The van der Waals surface area contributed by atoms with Gasteiger partial charge >= 0.3 is 6.03 Å². The summed E-state index contributed by atoms with van der Waals surface area (Å²) in [7, 11) is 3.20. The summed E-state index contributed by atoms with van der Waals surface area (Å²) in [6, 6.07) is -0.119. The number of urea groups is 1. The van der Waals surface area contributed by atoms with E-state index in [9.17, 15) is 4.79 Å². The van der Waals surface area contributed by atoms with Crippen LogP contribution in [0.15, 0.2) is 0 Å². The zero-order valence-corrected chi connectivity index (χ0v) is 16.3. The lowest BCUT2D eigenvalue weighted by Crippen LogP contribution is -2.46. The van der Waals surface area contributed by atoms with Gasteiger partial charge < -0.3 is 9.47 Å². The number of hydrogen-bond donors (Lipinski definition) is 0. The molecule has 1 aliphatic rings. The van der Waals surface area contributed by atoms with Gasteiger partial charge in [-0.1, -0.05) is 0 Å². The topological polar surface area (TPSA) is 42.0 Å². The molecule has 1 heterocycles. The van der Waals surface area contributed by atoms with Crippen molar-refractivity contribution in [1.29, 1.82) is 0 Å². The second-order valence-electron chi connectivity index (χ2n) is 3.65. The third-order valence-electron chi connectivity index (χ3n) is 2.54. The highest BCUT2D eigenvalue weighted by Gasteiger charge is 2.63. The first-order valence-corrected chi connectivity index (χ1v) is 8.30. The average molecular weight is 518 g/mol. The van der Waals surface area contributed by atoms with Gasteiger partial charge in [0.2, 0.25) is 0 Å². The Morgan fingerprint density at radius 3 is 1.56 bits per heavy atom. The van der Waals surface area contributed by atoms with E-state index in [4.69, 9.17) is 9.47 Å². The predicted octanol–water partition coefficient (Wildman–Crippen LogP) is 2.90. The molecule has 1 aliphatic heterocycles. The highest BCUT2D eigenvalue weighted by molar-refractivity contribution is 9.30. The van der Waals surface area contributed by atoms with Gasteiger partial charge in [-0.25, -0.2) is 4.79 Å². The molecule has 0 aliphatic carbocycles. The van der Waals surface area contributed by atoms with Crippen LogP contribution in [0, 0.1) is 0 Å². The lowest BCUT2D eigenvalue weighted by Gasteiger charge is -2.34. The molecule has 0 N–H and O–H groups in total. The average Bonchev–Trinajstić information content (AvgIpc) is 2.40. The van der Waals surface area contributed by atoms with Gasteiger partial charge in [0.15, 0.2) is 6.71 Å². The summed E-state index contributed by atoms with van der Waals surface area (Å²) in [5.74, 6) is 0. The quantitative estimate of drug-likeness (QED) is 0.402. The molecule has 0 saturated carbocycles. The first kappa shape index (κ1) is 17.2. The first-order chi connectivity index (χ1) is 8.30. The van der Waals surface area contributed by atoms with E-state index in [2.05, 4.69) is 63.7 Å². The van der Waals surface area contributed by atoms with Gasteiger partial charge in [0, 0.05) is 27.3 Å². The SMILES string of the molecule is COCCN1C(=O)N(CCOC)C(Br)(Br)C1(Br)Br. The molecule has 0 aromatic heterocycles. The minimum Gasteiger partial charge on any atom is -0.383 e. The summed E-state index contributed by atoms with van der Waals surface area (Å²) in [6.07, 6.45) is 0. The van der Waals surface area contributed by atoms with Crippen LogP contribution in [0.3, 0.4) is 0 Å². The summed E-state index contributed by atoms with van der Waals surface area (Å²) in [5.41, 5.74) is 0. The second kappa shape index (κ2) is 6.71. The molecule has 0 aromatic carbocycles. The zero-order chi connectivity index (χ0) is 14.0. The number of amides is 2. The molecule has 0 atom stereocenters. The number of rotatable bonds is 6. The highest BCUT2D eigenvalue weighted by Crippen LogP contribution is 2.57. The predicted molar refractivity (Wildman–Crippen MR) is 83.7 cm³/mol. The smallest absolute Gasteiger partial charge is 0.324 e. The molecular formula is C9H14Br4N2O3. The molecule has 9 heteroatoms. The highest BCUT2D eigenvalue weighted by atomic mass is 79.9. The standard InChI is InChI=1S/C9H14Br4N2O3/c1-17-5-3-14-7(16)15(4-6-18-2)9(12,13)8(14,10)11/h3-6H2,1-2H3. The molecule has 0 unspecified atom stereocenters. The van der Waals surface area contributed by atoms with Crippen molar-refractivity contribution in [2.45, 2.75) is 6.71 Å². The van der Waals surface area contributed by atoms with Gasteiger partial charge in [0.25, 0.3) is 0 Å². The first-order valence-electron chi connectivity index (χ1n) is 5.13. The van der Waals surface area contributed by atoms with Crippen LogP contribution in [0.4, 0.5) is 4.79 Å². The molecule has 0 radical (unpaired) electrons. The number of hydrogen-bond acceptors (Lipinski definition) is 3. The molecule has 1 fully saturated rings. The third-order valence-corrected chi connectivity index (χ3v) is 8.68. The Balaban J connectivity index is 2.92. The van der Waals surface area contributed by atoms with Crippen molar-refractivity contribution in [3.63, 3.8) is 0 Å². The molecule has 0 spiro atoms. The molecule has 2 amide bonds. The molecule has 1 saturated heterocycles. The molecule has 0 bridgehead atoms. The van der Waals surface area contributed by atoms with Crippen LogP contribution in [0.25, 0.3) is 0 Å². The van der Waals surface area contributed by atoms with Crippen molar-refractivity contribution in [3.8, 4) is 0 Å². The monoisotopic (exact) mass is 514 g/mol. The van der Waals surface area contributed by atoms with Gasteiger partial charge in [-0.2, -0.15) is 0 Å². The Morgan fingerprint density at radius 1 is 0.944 bits per heavy atom. The van der Waals surface area contributed by atoms with E-state index in [1.54, 1.807) is 24.0 Å². The molecule has 106 valence electrons. The van der Waals surface area contributed by atoms with E-state index in [0.717, 1.165) is 0 Å². The Kier molecular flexibility index (Phi) is 6.40. The lowest BCUT2D eigenvalue weighted by atomic mass is 10.5. The van der Waals surface area contributed by atoms with Crippen LogP contribution in [0.1, 0.15) is 0 Å². The van der Waals surface area contributed by atoms with Crippen molar-refractivity contribution in [1.82, 2.24) is 9.80 Å². The van der Waals surface area contributed by atoms with Crippen molar-refractivity contribution >= 4 is 69.8 Å². The van der Waals surface area contributed by atoms with E-state index in [-0.39, 0.29) is 6.03 Å². The lowest BCUT2D eigenvalue weighted by molar-refractivity contribution is 0.140. The Labute approximate surface area is 140 Å². The third kappa shape index (κ3) is 3.06. The van der Waals surface area contributed by atoms with Crippen LogP contribution >= 0.6 is 63.7 Å². The second-order valence-corrected chi connectivity index (χ2v) is 10.4. The fourth-order valence-corrected chi connectivity index (χ4v) is 3.72. The Hall–Kier alpha value is 1.11. The summed E-state index contributed by atoms with van der Waals surface area (Å²) < 4.78 is 8.51. The molecule has 18 heavy (non-hydrogen) atoms. The van der Waals surface area contributed by atoms with Crippen molar-refractivity contribution < 1.29 is 14.3 Å². The Bertz CT molecular complexity index is 286. The summed E-state index contributed by atoms with van der Waals surface area (Å²) in [6.45, 7) is 1.85.